The Bertz CT molecular complexity index is 720. The van der Waals surface area contributed by atoms with Crippen molar-refractivity contribution in [2.24, 2.45) is 0 Å². The molecule has 0 atom stereocenters. The molecule has 1 fully saturated rings. The predicted octanol–water partition coefficient (Wildman–Crippen LogP) is 3.01. The minimum Gasteiger partial charge on any atom is -0.497 e. The third-order valence-corrected chi connectivity index (χ3v) is 5.57. The van der Waals surface area contributed by atoms with Gasteiger partial charge >= 0.3 is 0 Å². The maximum absolute atomic E-state index is 6.10. The number of piperazine rings is 1. The smallest absolute Gasteiger partial charge is 0.167 e. The van der Waals surface area contributed by atoms with Crippen LogP contribution >= 0.6 is 11.9 Å². The van der Waals surface area contributed by atoms with Crippen molar-refractivity contribution in [2.75, 3.05) is 55.6 Å². The maximum atomic E-state index is 6.10. The Balaban J connectivity index is 1.70. The molecule has 0 unspecified atom stereocenters. The van der Waals surface area contributed by atoms with Crippen LogP contribution < -0.4 is 24.0 Å². The summed E-state index contributed by atoms with van der Waals surface area (Å²) < 4.78 is 14.0. The van der Waals surface area contributed by atoms with E-state index < -0.39 is 0 Å². The first-order valence-electron chi connectivity index (χ1n) is 8.66. The van der Waals surface area contributed by atoms with Gasteiger partial charge in [0.05, 0.1) is 25.0 Å². The quantitative estimate of drug-likeness (QED) is 0.848. The molecule has 2 aromatic carbocycles. The van der Waals surface area contributed by atoms with Crippen LogP contribution in [0.4, 0.5) is 11.4 Å². The van der Waals surface area contributed by atoms with Crippen molar-refractivity contribution in [3.8, 4) is 11.5 Å². The van der Waals surface area contributed by atoms with Crippen LogP contribution in [0.5, 0.6) is 11.5 Å². The highest BCUT2D eigenvalue weighted by molar-refractivity contribution is 8.00. The number of benzene rings is 2. The lowest BCUT2D eigenvalue weighted by Crippen LogP contribution is -2.44. The number of ether oxygens (including phenoxy) is 2. The van der Waals surface area contributed by atoms with Gasteiger partial charge in [0.2, 0.25) is 0 Å². The molecule has 132 valence electrons. The average Bonchev–Trinajstić information content (AvgIpc) is 2.69. The summed E-state index contributed by atoms with van der Waals surface area (Å²) in [4.78, 5) is 3.61. The van der Waals surface area contributed by atoms with Crippen molar-refractivity contribution in [1.29, 1.82) is 0 Å². The van der Waals surface area contributed by atoms with E-state index in [0.29, 0.717) is 6.61 Å². The molecule has 0 radical (unpaired) electrons. The van der Waals surface area contributed by atoms with E-state index in [1.807, 2.05) is 6.07 Å². The van der Waals surface area contributed by atoms with Crippen LogP contribution in [0, 0.1) is 0 Å². The molecule has 2 aromatic rings. The number of fused-ring (bicyclic) bond motifs is 1. The standard InChI is InChI=1S/C19H23N3O2S/c1-23-15-13-17(21-9-7-20-8-10-21)19-18(14-15)22(11-12-24-19)25-16-5-3-2-4-6-16/h2-6,13-14,20H,7-12H2,1H3. The molecule has 0 amide bonds. The molecule has 0 aliphatic carbocycles. The molecule has 5 nitrogen and oxygen atoms in total. The van der Waals surface area contributed by atoms with Crippen LogP contribution in [0.3, 0.4) is 0 Å². The number of nitrogens with zero attached hydrogens (tertiary/aromatic N) is 2. The van der Waals surface area contributed by atoms with Crippen molar-refractivity contribution in [3.05, 3.63) is 42.5 Å². The van der Waals surface area contributed by atoms with E-state index in [1.54, 1.807) is 19.1 Å². The molecule has 1 saturated heterocycles. The fourth-order valence-electron chi connectivity index (χ4n) is 3.22. The van der Waals surface area contributed by atoms with E-state index in [9.17, 15) is 0 Å². The van der Waals surface area contributed by atoms with Gasteiger partial charge in [-0.15, -0.1) is 0 Å². The van der Waals surface area contributed by atoms with Crippen molar-refractivity contribution >= 4 is 23.3 Å². The molecule has 2 aliphatic rings. The third-order valence-electron chi connectivity index (χ3n) is 4.48. The molecule has 0 bridgehead atoms. The normalized spacial score (nSPS) is 17.0. The Hall–Kier alpha value is -2.05. The number of methoxy groups -OCH3 is 1. The van der Waals surface area contributed by atoms with E-state index in [2.05, 4.69) is 50.9 Å². The molecular formula is C19H23N3O2S. The van der Waals surface area contributed by atoms with Crippen LogP contribution in [0.2, 0.25) is 0 Å². The van der Waals surface area contributed by atoms with Crippen molar-refractivity contribution in [3.63, 3.8) is 0 Å². The summed E-state index contributed by atoms with van der Waals surface area (Å²) in [7, 11) is 1.72. The van der Waals surface area contributed by atoms with Gasteiger partial charge in [-0.05, 0) is 24.1 Å². The number of hydrogen-bond donors (Lipinski definition) is 1. The summed E-state index contributed by atoms with van der Waals surface area (Å²) in [6.45, 7) is 5.49. The molecule has 25 heavy (non-hydrogen) atoms. The Kier molecular flexibility index (Phi) is 4.90. The van der Waals surface area contributed by atoms with Gasteiger partial charge in [-0.2, -0.15) is 0 Å². The van der Waals surface area contributed by atoms with Crippen LogP contribution in [0.1, 0.15) is 0 Å². The first-order chi connectivity index (χ1) is 12.3. The monoisotopic (exact) mass is 357 g/mol. The lowest BCUT2D eigenvalue weighted by atomic mass is 10.1. The van der Waals surface area contributed by atoms with Gasteiger partial charge in [-0.3, -0.25) is 0 Å². The number of nitrogens with one attached hydrogen (secondary N) is 1. The van der Waals surface area contributed by atoms with Crippen molar-refractivity contribution < 1.29 is 9.47 Å². The molecule has 2 heterocycles. The molecule has 6 heteroatoms. The zero-order chi connectivity index (χ0) is 17.1. The minimum absolute atomic E-state index is 0.693. The number of hydrogen-bond acceptors (Lipinski definition) is 6. The van der Waals surface area contributed by atoms with Gasteiger partial charge in [-0.25, -0.2) is 0 Å². The Morgan fingerprint density at radius 3 is 2.56 bits per heavy atom. The van der Waals surface area contributed by atoms with E-state index in [4.69, 9.17) is 9.47 Å². The fraction of sp³-hybridized carbons (Fsp3) is 0.368. The Labute approximate surface area is 153 Å². The largest absolute Gasteiger partial charge is 0.497 e. The van der Waals surface area contributed by atoms with Gasteiger partial charge in [0.15, 0.2) is 5.75 Å². The minimum atomic E-state index is 0.693. The zero-order valence-electron chi connectivity index (χ0n) is 14.4. The second-order valence-electron chi connectivity index (χ2n) is 6.09. The SMILES string of the molecule is COc1cc(N2CCNCC2)c2c(c1)N(Sc1ccccc1)CCO2. The average molecular weight is 357 g/mol. The Morgan fingerprint density at radius 2 is 1.80 bits per heavy atom. The molecule has 2 aliphatic heterocycles. The summed E-state index contributed by atoms with van der Waals surface area (Å²) in [5.74, 6) is 1.84. The van der Waals surface area contributed by atoms with E-state index in [0.717, 1.165) is 55.6 Å². The topological polar surface area (TPSA) is 37.0 Å². The second-order valence-corrected chi connectivity index (χ2v) is 7.18. The van der Waals surface area contributed by atoms with Gasteiger partial charge in [0, 0.05) is 43.2 Å². The fourth-order valence-corrected chi connectivity index (χ4v) is 4.15. The van der Waals surface area contributed by atoms with Crippen LogP contribution in [0.15, 0.2) is 47.4 Å². The molecule has 1 N–H and O–H groups in total. The Morgan fingerprint density at radius 1 is 1.04 bits per heavy atom. The lowest BCUT2D eigenvalue weighted by Gasteiger charge is -2.36. The highest BCUT2D eigenvalue weighted by Crippen LogP contribution is 2.46. The highest BCUT2D eigenvalue weighted by atomic mass is 32.2. The zero-order valence-corrected chi connectivity index (χ0v) is 15.2. The van der Waals surface area contributed by atoms with E-state index >= 15 is 0 Å². The highest BCUT2D eigenvalue weighted by Gasteiger charge is 2.26. The third kappa shape index (κ3) is 3.50. The van der Waals surface area contributed by atoms with Gasteiger partial charge in [0.1, 0.15) is 12.4 Å². The summed E-state index contributed by atoms with van der Waals surface area (Å²) in [6.07, 6.45) is 0. The summed E-state index contributed by atoms with van der Waals surface area (Å²) in [5.41, 5.74) is 2.22. The van der Waals surface area contributed by atoms with Crippen molar-refractivity contribution in [2.45, 2.75) is 4.90 Å². The van der Waals surface area contributed by atoms with Gasteiger partial charge in [-0.1, -0.05) is 18.2 Å². The van der Waals surface area contributed by atoms with E-state index in [-0.39, 0.29) is 0 Å². The first-order valence-corrected chi connectivity index (χ1v) is 9.43. The van der Waals surface area contributed by atoms with E-state index in [1.165, 1.54) is 4.90 Å². The second kappa shape index (κ2) is 7.45. The van der Waals surface area contributed by atoms with Gasteiger partial charge < -0.3 is 24.0 Å². The summed E-state index contributed by atoms with van der Waals surface area (Å²) >= 11 is 1.75. The van der Waals surface area contributed by atoms with Crippen LogP contribution in [-0.4, -0.2) is 46.4 Å². The summed E-state index contributed by atoms with van der Waals surface area (Å²) in [5, 5.41) is 3.41. The number of anilines is 2. The number of rotatable bonds is 4. The molecule has 0 aromatic heterocycles. The molecule has 0 spiro atoms. The maximum Gasteiger partial charge on any atom is 0.167 e. The van der Waals surface area contributed by atoms with Gasteiger partial charge in [0.25, 0.3) is 0 Å². The van der Waals surface area contributed by atoms with Crippen LogP contribution in [0.25, 0.3) is 0 Å². The first kappa shape index (κ1) is 16.4. The summed E-state index contributed by atoms with van der Waals surface area (Å²) in [6, 6.07) is 14.6. The van der Waals surface area contributed by atoms with Crippen LogP contribution in [-0.2, 0) is 0 Å². The molecule has 4 rings (SSSR count). The molecular weight excluding hydrogens is 334 g/mol. The predicted molar refractivity (Wildman–Crippen MR) is 103 cm³/mol. The lowest BCUT2D eigenvalue weighted by molar-refractivity contribution is 0.316. The van der Waals surface area contributed by atoms with Crippen molar-refractivity contribution in [1.82, 2.24) is 5.32 Å². The molecule has 0 saturated carbocycles.